The van der Waals surface area contributed by atoms with Gasteiger partial charge in [-0.05, 0) is 13.8 Å². The van der Waals surface area contributed by atoms with Crippen LogP contribution in [0.15, 0.2) is 0 Å². The van der Waals surface area contributed by atoms with E-state index < -0.39 is 6.16 Å². The molecule has 0 saturated carbocycles. The number of carbonyl (C=O) groups excluding carboxylic acids is 1. The molecule has 0 unspecified atom stereocenters. The van der Waals surface area contributed by atoms with Crippen molar-refractivity contribution in [3.05, 3.63) is 0 Å². The van der Waals surface area contributed by atoms with Crippen LogP contribution in [0.1, 0.15) is 15.3 Å². The van der Waals surface area contributed by atoms with Crippen molar-refractivity contribution < 1.29 is 90.1 Å². The number of carboxylic acid groups (broad SMARTS) is 2. The Labute approximate surface area is 149 Å². The maximum Gasteiger partial charge on any atom is 1.00 e. The molecule has 0 bridgehead atoms. The molecule has 0 saturated heterocycles. The van der Waals surface area contributed by atoms with Crippen molar-refractivity contribution >= 4 is 23.7 Å². The quantitative estimate of drug-likeness (QED) is 0.606. The number of nitrogens with zero attached hydrogens (tertiary/aromatic N) is 1. The maximum absolute atomic E-state index is 10.8. The van der Waals surface area contributed by atoms with E-state index in [2.05, 4.69) is 0 Å². The summed E-state index contributed by atoms with van der Waals surface area (Å²) in [5.74, 6) is 0.114. The minimum absolute atomic E-state index is 0. The van der Waals surface area contributed by atoms with Crippen LogP contribution in [0.4, 0.5) is 4.79 Å². The van der Waals surface area contributed by atoms with Gasteiger partial charge in [0.1, 0.15) is 5.88 Å². The number of hydrogen-bond donors (Lipinski definition) is 2. The van der Waals surface area contributed by atoms with Crippen molar-refractivity contribution in [2.75, 3.05) is 19.0 Å². The number of rotatable bonds is 3. The van der Waals surface area contributed by atoms with E-state index in [9.17, 15) is 4.79 Å². The van der Waals surface area contributed by atoms with Crippen molar-refractivity contribution in [2.24, 2.45) is 0 Å². The molecule has 14 heavy (non-hydrogen) atoms. The Morgan fingerprint density at radius 2 is 1.57 bits per heavy atom. The molecule has 2 N–H and O–H groups in total. The third kappa shape index (κ3) is 15.5. The van der Waals surface area contributed by atoms with Crippen molar-refractivity contribution in [1.29, 1.82) is 0 Å². The molecule has 0 aromatic rings. The summed E-state index contributed by atoms with van der Waals surface area (Å²) in [6, 6.07) is 0. The van der Waals surface area contributed by atoms with Gasteiger partial charge in [-0.25, -0.2) is 4.79 Å². The zero-order chi connectivity index (χ0) is 10.9. The van der Waals surface area contributed by atoms with Gasteiger partial charge in [-0.1, -0.05) is 0 Å². The van der Waals surface area contributed by atoms with Crippen LogP contribution in [-0.2, 0) is 4.79 Å². The average molecular weight is 346 g/mol. The third-order valence-corrected chi connectivity index (χ3v) is 1.46. The van der Waals surface area contributed by atoms with Crippen LogP contribution in [0.5, 0.6) is 0 Å². The first-order valence-corrected chi connectivity index (χ1v) is 4.28. The zero-order valence-electron chi connectivity index (χ0n) is 9.66. The smallest absolute Gasteiger partial charge is 1.00 e. The van der Waals surface area contributed by atoms with Gasteiger partial charge < -0.3 is 16.5 Å². The monoisotopic (exact) mass is 345 g/mol. The van der Waals surface area contributed by atoms with Crippen molar-refractivity contribution in [3.63, 3.8) is 0 Å². The SMILES string of the molecule is CCN(CC)C(=O)CCl.O=C(O)O.[Cs+].[H-]. The molecular formula is C7H15ClCsNO4. The molecule has 7 heteroatoms. The Hall–Kier alpha value is 1.08. The molecule has 0 spiro atoms. The Morgan fingerprint density at radius 3 is 1.64 bits per heavy atom. The molecule has 0 aliphatic rings. The van der Waals surface area contributed by atoms with Crippen molar-refractivity contribution in [3.8, 4) is 0 Å². The van der Waals surface area contributed by atoms with Gasteiger partial charge in [0.25, 0.3) is 0 Å². The first-order valence-electron chi connectivity index (χ1n) is 3.75. The predicted molar refractivity (Wildman–Crippen MR) is 50.4 cm³/mol. The summed E-state index contributed by atoms with van der Waals surface area (Å²) in [4.78, 5) is 21.0. The first-order chi connectivity index (χ1) is 5.99. The van der Waals surface area contributed by atoms with Crippen molar-refractivity contribution in [1.82, 2.24) is 4.90 Å². The number of halogens is 1. The van der Waals surface area contributed by atoms with Gasteiger partial charge in [-0.15, -0.1) is 11.6 Å². The standard InChI is InChI=1S/C6H12ClNO.CH2O3.Cs.H/c1-3-8(4-2)6(9)5-7;2-1(3)4;;/h3-5H2,1-2H3;(H2,2,3,4);;/q;;+1;-1. The first kappa shape index (κ1) is 20.5. The number of amides is 1. The average Bonchev–Trinajstić information content (AvgIpc) is 2.05. The summed E-state index contributed by atoms with van der Waals surface area (Å²) in [6.07, 6.45) is -1.83. The third-order valence-electron chi connectivity index (χ3n) is 1.23. The normalized spacial score (nSPS) is 7.64. The molecule has 0 atom stereocenters. The fourth-order valence-corrected chi connectivity index (χ4v) is 0.830. The van der Waals surface area contributed by atoms with Gasteiger partial charge >= 0.3 is 75.0 Å². The predicted octanol–water partition coefficient (Wildman–Crippen LogP) is -1.57. The summed E-state index contributed by atoms with van der Waals surface area (Å²) in [6.45, 7) is 5.38. The minimum Gasteiger partial charge on any atom is -1.00 e. The van der Waals surface area contributed by atoms with E-state index in [0.717, 1.165) is 13.1 Å². The van der Waals surface area contributed by atoms with E-state index in [0.29, 0.717) is 0 Å². The molecule has 5 nitrogen and oxygen atoms in total. The Bertz CT molecular complexity index is 165. The fourth-order valence-electron chi connectivity index (χ4n) is 0.661. The Balaban J connectivity index is -0.0000000883. The van der Waals surface area contributed by atoms with E-state index in [4.69, 9.17) is 26.6 Å². The van der Waals surface area contributed by atoms with Crippen LogP contribution in [0.2, 0.25) is 0 Å². The molecule has 80 valence electrons. The second-order valence-electron chi connectivity index (χ2n) is 1.98. The number of hydrogen-bond acceptors (Lipinski definition) is 2. The molecule has 0 aromatic carbocycles. The molecule has 0 aliphatic heterocycles. The molecule has 0 aliphatic carbocycles. The topological polar surface area (TPSA) is 77.8 Å². The second kappa shape index (κ2) is 14.1. The molecule has 0 heterocycles. The van der Waals surface area contributed by atoms with Crippen LogP contribution in [0, 0.1) is 0 Å². The van der Waals surface area contributed by atoms with Gasteiger partial charge in [-0.3, -0.25) is 4.79 Å². The molecule has 1 amide bonds. The molecule has 0 aromatic heterocycles. The van der Waals surface area contributed by atoms with E-state index in [1.807, 2.05) is 13.8 Å². The summed E-state index contributed by atoms with van der Waals surface area (Å²) in [5, 5.41) is 13.9. The molecule has 0 rings (SSSR count). The van der Waals surface area contributed by atoms with Crippen LogP contribution < -0.4 is 68.9 Å². The van der Waals surface area contributed by atoms with Gasteiger partial charge in [0.2, 0.25) is 5.91 Å². The molecular weight excluding hydrogens is 330 g/mol. The maximum atomic E-state index is 10.8. The summed E-state index contributed by atoms with van der Waals surface area (Å²) in [7, 11) is 0. The summed E-state index contributed by atoms with van der Waals surface area (Å²) in [5.41, 5.74) is 0. The van der Waals surface area contributed by atoms with E-state index in [1.165, 1.54) is 0 Å². The largest absolute Gasteiger partial charge is 1.00 e. The van der Waals surface area contributed by atoms with Gasteiger partial charge in [0.15, 0.2) is 0 Å². The number of alkyl halides is 1. The second-order valence-corrected chi connectivity index (χ2v) is 2.25. The summed E-state index contributed by atoms with van der Waals surface area (Å²) >= 11 is 5.31. The Kier molecular flexibility index (Phi) is 20.6. The Morgan fingerprint density at radius 1 is 1.29 bits per heavy atom. The van der Waals surface area contributed by atoms with Crippen LogP contribution in [0.3, 0.4) is 0 Å². The molecule has 0 radical (unpaired) electrons. The van der Waals surface area contributed by atoms with Crippen molar-refractivity contribution in [2.45, 2.75) is 13.8 Å². The van der Waals surface area contributed by atoms with Gasteiger partial charge in [-0.2, -0.15) is 0 Å². The zero-order valence-corrected chi connectivity index (χ0v) is 15.7. The van der Waals surface area contributed by atoms with E-state index in [1.54, 1.807) is 4.90 Å². The van der Waals surface area contributed by atoms with E-state index in [-0.39, 0.29) is 82.1 Å². The minimum atomic E-state index is -1.83. The summed E-state index contributed by atoms with van der Waals surface area (Å²) < 4.78 is 0. The number of carbonyl (C=O) groups is 2. The molecule has 0 fully saturated rings. The van der Waals surface area contributed by atoms with Crippen LogP contribution in [0.25, 0.3) is 0 Å². The van der Waals surface area contributed by atoms with E-state index >= 15 is 0 Å². The van der Waals surface area contributed by atoms with Crippen LogP contribution >= 0.6 is 11.6 Å². The van der Waals surface area contributed by atoms with Gasteiger partial charge in [0.05, 0.1) is 0 Å². The van der Waals surface area contributed by atoms with Gasteiger partial charge in [0, 0.05) is 13.1 Å². The van der Waals surface area contributed by atoms with Crippen LogP contribution in [-0.4, -0.2) is 46.1 Å². The fraction of sp³-hybridized carbons (Fsp3) is 0.714.